The van der Waals surface area contributed by atoms with Crippen molar-refractivity contribution in [1.82, 2.24) is 0 Å². The lowest BCUT2D eigenvalue weighted by Crippen LogP contribution is -2.18. The zero-order valence-electron chi connectivity index (χ0n) is 7.95. The van der Waals surface area contributed by atoms with E-state index in [1.165, 1.54) is 0 Å². The van der Waals surface area contributed by atoms with E-state index in [0.29, 0.717) is 12.2 Å². The molecule has 0 unspecified atom stereocenters. The van der Waals surface area contributed by atoms with E-state index in [1.54, 1.807) is 19.2 Å². The summed E-state index contributed by atoms with van der Waals surface area (Å²) in [5.74, 6) is 0.695. The average molecular weight is 181 g/mol. The predicted molar refractivity (Wildman–Crippen MR) is 52.0 cm³/mol. The Labute approximate surface area is 78.1 Å². The number of hydrogen-bond donors (Lipinski definition) is 2. The van der Waals surface area contributed by atoms with E-state index < -0.39 is 0 Å². The van der Waals surface area contributed by atoms with Crippen LogP contribution in [0.1, 0.15) is 12.5 Å². The van der Waals surface area contributed by atoms with Crippen LogP contribution in [0.3, 0.4) is 0 Å². The van der Waals surface area contributed by atoms with E-state index in [-0.39, 0.29) is 11.8 Å². The lowest BCUT2D eigenvalue weighted by atomic mass is 10.1. The van der Waals surface area contributed by atoms with Crippen molar-refractivity contribution in [1.29, 1.82) is 0 Å². The minimum Gasteiger partial charge on any atom is -0.504 e. The average Bonchev–Trinajstić information content (AvgIpc) is 2.03. The normalized spacial score (nSPS) is 12.5. The molecule has 3 N–H and O–H groups in total. The number of hydrogen-bond acceptors (Lipinski definition) is 3. The maximum atomic E-state index is 9.44. The van der Waals surface area contributed by atoms with E-state index >= 15 is 0 Å². The van der Waals surface area contributed by atoms with E-state index in [0.717, 1.165) is 5.56 Å². The molecule has 1 aromatic rings. The van der Waals surface area contributed by atoms with Crippen molar-refractivity contribution in [2.45, 2.75) is 19.4 Å². The fourth-order valence-corrected chi connectivity index (χ4v) is 1.31. The van der Waals surface area contributed by atoms with Crippen molar-refractivity contribution >= 4 is 0 Å². The molecule has 1 atom stereocenters. The summed E-state index contributed by atoms with van der Waals surface area (Å²) in [6.07, 6.45) is 0.706. The second-order valence-electron chi connectivity index (χ2n) is 3.15. The zero-order chi connectivity index (χ0) is 9.84. The molecule has 0 aliphatic rings. The number of phenolic OH excluding ortho intramolecular Hbond substituents is 1. The van der Waals surface area contributed by atoms with Gasteiger partial charge in [0.1, 0.15) is 0 Å². The van der Waals surface area contributed by atoms with Crippen LogP contribution in [0.25, 0.3) is 0 Å². The highest BCUT2D eigenvalue weighted by atomic mass is 16.5. The Bertz CT molecular complexity index is 284. The number of para-hydroxylation sites is 1. The highest BCUT2D eigenvalue weighted by Crippen LogP contribution is 2.29. The number of methoxy groups -OCH3 is 1. The van der Waals surface area contributed by atoms with Gasteiger partial charge in [-0.2, -0.15) is 0 Å². The van der Waals surface area contributed by atoms with Gasteiger partial charge < -0.3 is 15.6 Å². The van der Waals surface area contributed by atoms with Crippen LogP contribution in [-0.4, -0.2) is 18.3 Å². The van der Waals surface area contributed by atoms with E-state index in [9.17, 15) is 5.11 Å². The molecule has 0 saturated heterocycles. The van der Waals surface area contributed by atoms with Crippen molar-refractivity contribution in [3.63, 3.8) is 0 Å². The largest absolute Gasteiger partial charge is 0.504 e. The molecule has 1 aromatic carbocycles. The van der Waals surface area contributed by atoms with Gasteiger partial charge in [-0.25, -0.2) is 0 Å². The molecular formula is C10H15NO2. The van der Waals surface area contributed by atoms with Crippen LogP contribution in [0.2, 0.25) is 0 Å². The number of nitrogens with two attached hydrogens (primary N) is 1. The van der Waals surface area contributed by atoms with Gasteiger partial charge in [-0.3, -0.25) is 0 Å². The molecule has 3 nitrogen and oxygen atoms in total. The summed E-state index contributed by atoms with van der Waals surface area (Å²) in [6.45, 7) is 1.92. The molecule has 13 heavy (non-hydrogen) atoms. The fraction of sp³-hybridized carbons (Fsp3) is 0.400. The Balaban J connectivity index is 2.98. The summed E-state index contributed by atoms with van der Waals surface area (Å²) in [5, 5.41) is 9.44. The lowest BCUT2D eigenvalue weighted by Gasteiger charge is -2.11. The van der Waals surface area contributed by atoms with Crippen LogP contribution >= 0.6 is 0 Å². The third-order valence-electron chi connectivity index (χ3n) is 1.82. The topological polar surface area (TPSA) is 55.5 Å². The number of ether oxygens (including phenoxy) is 1. The van der Waals surface area contributed by atoms with Crippen LogP contribution < -0.4 is 10.5 Å². The van der Waals surface area contributed by atoms with Gasteiger partial charge in [0.05, 0.1) is 7.11 Å². The molecule has 72 valence electrons. The molecule has 0 radical (unpaired) electrons. The van der Waals surface area contributed by atoms with Crippen LogP contribution in [-0.2, 0) is 6.42 Å². The van der Waals surface area contributed by atoms with Crippen molar-refractivity contribution in [3.05, 3.63) is 23.8 Å². The molecular weight excluding hydrogens is 166 g/mol. The van der Waals surface area contributed by atoms with Gasteiger partial charge in [0.15, 0.2) is 11.5 Å². The summed E-state index contributed by atoms with van der Waals surface area (Å²) in [5.41, 5.74) is 6.60. The van der Waals surface area contributed by atoms with Gasteiger partial charge in [0.25, 0.3) is 0 Å². The summed E-state index contributed by atoms with van der Waals surface area (Å²) in [6, 6.07) is 5.36. The molecule has 0 aliphatic carbocycles. The third kappa shape index (κ3) is 2.36. The van der Waals surface area contributed by atoms with Gasteiger partial charge in [-0.15, -0.1) is 0 Å². The SMILES string of the molecule is COc1c(O)cccc1C[C@@H](C)N. The van der Waals surface area contributed by atoms with Crippen molar-refractivity contribution in [3.8, 4) is 11.5 Å². The molecule has 1 rings (SSSR count). The number of benzene rings is 1. The van der Waals surface area contributed by atoms with E-state index in [4.69, 9.17) is 10.5 Å². The second-order valence-corrected chi connectivity index (χ2v) is 3.15. The first kappa shape index (κ1) is 9.86. The van der Waals surface area contributed by atoms with Crippen LogP contribution in [0.4, 0.5) is 0 Å². The molecule has 0 spiro atoms. The summed E-state index contributed by atoms with van der Waals surface area (Å²) in [7, 11) is 1.54. The summed E-state index contributed by atoms with van der Waals surface area (Å²) in [4.78, 5) is 0. The Hall–Kier alpha value is -1.22. The Kier molecular flexibility index (Phi) is 3.14. The molecule has 0 amide bonds. The van der Waals surface area contributed by atoms with E-state index in [1.807, 2.05) is 13.0 Å². The van der Waals surface area contributed by atoms with Crippen LogP contribution in [0.5, 0.6) is 11.5 Å². The zero-order valence-corrected chi connectivity index (χ0v) is 7.95. The lowest BCUT2D eigenvalue weighted by molar-refractivity contribution is 0.368. The molecule has 0 saturated carbocycles. The Morgan fingerprint density at radius 3 is 2.77 bits per heavy atom. The smallest absolute Gasteiger partial charge is 0.163 e. The first-order valence-electron chi connectivity index (χ1n) is 4.25. The fourth-order valence-electron chi connectivity index (χ4n) is 1.31. The second kappa shape index (κ2) is 4.14. The standard InChI is InChI=1S/C10H15NO2/c1-7(11)6-8-4-3-5-9(12)10(8)13-2/h3-5,7,12H,6,11H2,1-2H3/t7-/m1/s1. The minimum atomic E-state index is 0.0655. The van der Waals surface area contributed by atoms with Gasteiger partial charge in [-0.05, 0) is 25.0 Å². The Morgan fingerprint density at radius 1 is 1.54 bits per heavy atom. The number of phenols is 1. The highest BCUT2D eigenvalue weighted by molar-refractivity contribution is 5.45. The molecule has 0 bridgehead atoms. The predicted octanol–water partition coefficient (Wildman–Crippen LogP) is 1.29. The van der Waals surface area contributed by atoms with Gasteiger partial charge in [-0.1, -0.05) is 12.1 Å². The van der Waals surface area contributed by atoms with Gasteiger partial charge >= 0.3 is 0 Å². The van der Waals surface area contributed by atoms with Crippen molar-refractivity contribution in [2.24, 2.45) is 5.73 Å². The molecule has 0 aromatic heterocycles. The summed E-state index contributed by atoms with van der Waals surface area (Å²) >= 11 is 0. The van der Waals surface area contributed by atoms with Gasteiger partial charge in [0.2, 0.25) is 0 Å². The maximum Gasteiger partial charge on any atom is 0.163 e. The van der Waals surface area contributed by atoms with Gasteiger partial charge in [0, 0.05) is 6.04 Å². The summed E-state index contributed by atoms with van der Waals surface area (Å²) < 4.78 is 5.07. The molecule has 3 heteroatoms. The van der Waals surface area contributed by atoms with Crippen LogP contribution in [0.15, 0.2) is 18.2 Å². The van der Waals surface area contributed by atoms with Crippen molar-refractivity contribution < 1.29 is 9.84 Å². The first-order valence-corrected chi connectivity index (χ1v) is 4.25. The minimum absolute atomic E-state index is 0.0655. The molecule has 0 aliphatic heterocycles. The van der Waals surface area contributed by atoms with Crippen LogP contribution in [0, 0.1) is 0 Å². The third-order valence-corrected chi connectivity index (χ3v) is 1.82. The molecule has 0 heterocycles. The Morgan fingerprint density at radius 2 is 2.23 bits per heavy atom. The molecule has 0 fully saturated rings. The number of aromatic hydroxyl groups is 1. The number of rotatable bonds is 3. The maximum absolute atomic E-state index is 9.44. The monoisotopic (exact) mass is 181 g/mol. The van der Waals surface area contributed by atoms with Crippen molar-refractivity contribution in [2.75, 3.05) is 7.11 Å². The first-order chi connectivity index (χ1) is 6.15. The van der Waals surface area contributed by atoms with E-state index in [2.05, 4.69) is 0 Å². The highest BCUT2D eigenvalue weighted by Gasteiger charge is 2.08. The quantitative estimate of drug-likeness (QED) is 0.738.